The van der Waals surface area contributed by atoms with Gasteiger partial charge in [-0.3, -0.25) is 4.90 Å². The summed E-state index contributed by atoms with van der Waals surface area (Å²) in [6.45, 7) is 3.62. The molecule has 1 saturated heterocycles. The molecule has 0 aromatic heterocycles. The summed E-state index contributed by atoms with van der Waals surface area (Å²) >= 11 is 0. The van der Waals surface area contributed by atoms with Gasteiger partial charge in [0.2, 0.25) is 0 Å². The maximum atomic E-state index is 11.6. The number of β-amino-alcohol motifs (C(OH)–C–C–N with tert-alkyl or cyclic N) is 1. The normalized spacial score (nSPS) is 26.6. The zero-order valence-electron chi connectivity index (χ0n) is 9.42. The lowest BCUT2D eigenvalue weighted by molar-refractivity contribution is -0.141. The molecule has 92 valence electrons. The number of rotatable bonds is 3. The van der Waals surface area contributed by atoms with Gasteiger partial charge in [0.15, 0.2) is 0 Å². The second-order valence-electron chi connectivity index (χ2n) is 4.00. The Balaban J connectivity index is 2.63. The van der Waals surface area contributed by atoms with Crippen LogP contribution < -0.4 is 0 Å². The third-order valence-corrected chi connectivity index (χ3v) is 2.68. The highest BCUT2D eigenvalue weighted by Gasteiger charge is 2.40. The van der Waals surface area contributed by atoms with Crippen molar-refractivity contribution >= 4 is 12.1 Å². The van der Waals surface area contributed by atoms with Gasteiger partial charge in [-0.05, 0) is 13.3 Å². The van der Waals surface area contributed by atoms with Gasteiger partial charge in [-0.1, -0.05) is 6.92 Å². The molecule has 3 atom stereocenters. The molecule has 16 heavy (non-hydrogen) atoms. The summed E-state index contributed by atoms with van der Waals surface area (Å²) in [5.74, 6) is -1.11. The summed E-state index contributed by atoms with van der Waals surface area (Å²) < 4.78 is 5.02. The Morgan fingerprint density at radius 3 is 2.69 bits per heavy atom. The molecule has 1 unspecified atom stereocenters. The van der Waals surface area contributed by atoms with E-state index in [1.807, 2.05) is 6.92 Å². The number of aliphatic carboxylic acids is 1. The van der Waals surface area contributed by atoms with Crippen LogP contribution in [0.4, 0.5) is 4.79 Å². The first-order chi connectivity index (χ1) is 7.45. The standard InChI is InChI=1S/C10H17NO5/c1-3-6(2)16-10(15)11-5-7(12)4-8(11)9(13)14/h6-8,12H,3-5H2,1-2H3,(H,13,14)/t6?,7-,8-/m1/s1. The Bertz CT molecular complexity index is 280. The van der Waals surface area contributed by atoms with E-state index in [2.05, 4.69) is 0 Å². The lowest BCUT2D eigenvalue weighted by atomic mass is 10.2. The molecule has 1 heterocycles. The number of carboxylic acids is 1. The molecule has 1 fully saturated rings. The lowest BCUT2D eigenvalue weighted by Gasteiger charge is -2.22. The Morgan fingerprint density at radius 1 is 1.56 bits per heavy atom. The van der Waals surface area contributed by atoms with Crippen LogP contribution in [-0.4, -0.2) is 52.0 Å². The molecule has 0 bridgehead atoms. The number of ether oxygens (including phenoxy) is 1. The number of aliphatic hydroxyl groups excluding tert-OH is 1. The van der Waals surface area contributed by atoms with Crippen LogP contribution in [0.1, 0.15) is 26.7 Å². The fourth-order valence-electron chi connectivity index (χ4n) is 1.57. The predicted octanol–water partition coefficient (Wildman–Crippen LogP) is 0.441. The predicted molar refractivity (Wildman–Crippen MR) is 55.0 cm³/mol. The first-order valence-electron chi connectivity index (χ1n) is 5.33. The molecule has 0 radical (unpaired) electrons. The molecule has 2 N–H and O–H groups in total. The Morgan fingerprint density at radius 2 is 2.19 bits per heavy atom. The van der Waals surface area contributed by atoms with Gasteiger partial charge >= 0.3 is 12.1 Å². The number of hydrogen-bond donors (Lipinski definition) is 2. The molecule has 0 aromatic rings. The Kier molecular flexibility index (Phi) is 4.12. The zero-order chi connectivity index (χ0) is 12.3. The van der Waals surface area contributed by atoms with Gasteiger partial charge in [-0.25, -0.2) is 9.59 Å². The van der Waals surface area contributed by atoms with Crippen LogP contribution in [0.2, 0.25) is 0 Å². The number of carbonyl (C=O) groups is 2. The maximum absolute atomic E-state index is 11.6. The van der Waals surface area contributed by atoms with Crippen LogP contribution in [0.15, 0.2) is 0 Å². The van der Waals surface area contributed by atoms with E-state index in [0.717, 1.165) is 4.90 Å². The topological polar surface area (TPSA) is 87.1 Å². The van der Waals surface area contributed by atoms with Crippen molar-refractivity contribution in [1.29, 1.82) is 0 Å². The molecule has 0 aromatic carbocycles. The first kappa shape index (κ1) is 12.8. The minimum absolute atomic E-state index is 0.0201. The van der Waals surface area contributed by atoms with Gasteiger partial charge in [0, 0.05) is 6.42 Å². The van der Waals surface area contributed by atoms with E-state index in [-0.39, 0.29) is 19.1 Å². The maximum Gasteiger partial charge on any atom is 0.410 e. The van der Waals surface area contributed by atoms with Crippen molar-refractivity contribution in [2.75, 3.05) is 6.54 Å². The van der Waals surface area contributed by atoms with E-state index < -0.39 is 24.2 Å². The molecule has 6 nitrogen and oxygen atoms in total. The van der Waals surface area contributed by atoms with Gasteiger partial charge in [0.25, 0.3) is 0 Å². The van der Waals surface area contributed by atoms with Crippen molar-refractivity contribution in [1.82, 2.24) is 4.90 Å². The molecule has 0 saturated carbocycles. The first-order valence-corrected chi connectivity index (χ1v) is 5.33. The largest absolute Gasteiger partial charge is 0.480 e. The monoisotopic (exact) mass is 231 g/mol. The summed E-state index contributed by atoms with van der Waals surface area (Å²) in [5.41, 5.74) is 0. The Hall–Kier alpha value is -1.30. The number of carbonyl (C=O) groups excluding carboxylic acids is 1. The number of amides is 1. The quantitative estimate of drug-likeness (QED) is 0.736. The molecule has 6 heteroatoms. The highest BCUT2D eigenvalue weighted by atomic mass is 16.6. The van der Waals surface area contributed by atoms with E-state index in [0.29, 0.717) is 6.42 Å². The Labute approximate surface area is 93.8 Å². The summed E-state index contributed by atoms with van der Waals surface area (Å²) in [7, 11) is 0. The number of aliphatic hydroxyl groups is 1. The fourth-order valence-corrected chi connectivity index (χ4v) is 1.57. The molecular weight excluding hydrogens is 214 g/mol. The van der Waals surface area contributed by atoms with E-state index in [1.165, 1.54) is 0 Å². The molecular formula is C10H17NO5. The van der Waals surface area contributed by atoms with Crippen LogP contribution in [0, 0.1) is 0 Å². The van der Waals surface area contributed by atoms with Crippen LogP contribution >= 0.6 is 0 Å². The van der Waals surface area contributed by atoms with Crippen molar-refractivity contribution < 1.29 is 24.5 Å². The van der Waals surface area contributed by atoms with Crippen LogP contribution in [-0.2, 0) is 9.53 Å². The third kappa shape index (κ3) is 2.85. The van der Waals surface area contributed by atoms with Crippen molar-refractivity contribution in [3.63, 3.8) is 0 Å². The molecule has 0 aliphatic carbocycles. The number of nitrogens with zero attached hydrogens (tertiary/aromatic N) is 1. The zero-order valence-corrected chi connectivity index (χ0v) is 9.42. The average Bonchev–Trinajstić information content (AvgIpc) is 2.60. The van der Waals surface area contributed by atoms with Crippen LogP contribution in [0.5, 0.6) is 0 Å². The van der Waals surface area contributed by atoms with Gasteiger partial charge < -0.3 is 14.9 Å². The average molecular weight is 231 g/mol. The summed E-state index contributed by atoms with van der Waals surface area (Å²) in [5, 5.41) is 18.2. The smallest absolute Gasteiger partial charge is 0.410 e. The molecule has 1 amide bonds. The van der Waals surface area contributed by atoms with Gasteiger partial charge in [0.1, 0.15) is 12.1 Å². The van der Waals surface area contributed by atoms with E-state index in [9.17, 15) is 14.7 Å². The summed E-state index contributed by atoms with van der Waals surface area (Å²) in [4.78, 5) is 23.5. The number of hydrogen-bond acceptors (Lipinski definition) is 4. The third-order valence-electron chi connectivity index (χ3n) is 2.68. The van der Waals surface area contributed by atoms with Crippen molar-refractivity contribution in [3.8, 4) is 0 Å². The molecule has 1 rings (SSSR count). The van der Waals surface area contributed by atoms with Gasteiger partial charge in [-0.2, -0.15) is 0 Å². The molecule has 0 spiro atoms. The highest BCUT2D eigenvalue weighted by molar-refractivity contribution is 5.80. The van der Waals surface area contributed by atoms with E-state index in [1.54, 1.807) is 6.92 Å². The van der Waals surface area contributed by atoms with Gasteiger partial charge in [-0.15, -0.1) is 0 Å². The summed E-state index contributed by atoms with van der Waals surface area (Å²) in [6.07, 6.45) is -0.978. The minimum atomic E-state index is -1.11. The number of likely N-dealkylation sites (tertiary alicyclic amines) is 1. The van der Waals surface area contributed by atoms with Crippen molar-refractivity contribution in [3.05, 3.63) is 0 Å². The van der Waals surface area contributed by atoms with Gasteiger partial charge in [0.05, 0.1) is 12.6 Å². The van der Waals surface area contributed by atoms with Crippen molar-refractivity contribution in [2.45, 2.75) is 44.9 Å². The lowest BCUT2D eigenvalue weighted by Crippen LogP contribution is -2.41. The second-order valence-corrected chi connectivity index (χ2v) is 4.00. The summed E-state index contributed by atoms with van der Waals surface area (Å²) in [6, 6.07) is -0.980. The second kappa shape index (κ2) is 5.16. The minimum Gasteiger partial charge on any atom is -0.480 e. The fraction of sp³-hybridized carbons (Fsp3) is 0.800. The molecule has 1 aliphatic heterocycles. The SMILES string of the molecule is CCC(C)OC(=O)N1C[C@H](O)C[C@@H]1C(=O)O. The van der Waals surface area contributed by atoms with E-state index in [4.69, 9.17) is 9.84 Å². The van der Waals surface area contributed by atoms with Crippen molar-refractivity contribution in [2.24, 2.45) is 0 Å². The molecule has 1 aliphatic rings. The van der Waals surface area contributed by atoms with Crippen LogP contribution in [0.25, 0.3) is 0 Å². The van der Waals surface area contributed by atoms with Crippen LogP contribution in [0.3, 0.4) is 0 Å². The van der Waals surface area contributed by atoms with E-state index >= 15 is 0 Å². The highest BCUT2D eigenvalue weighted by Crippen LogP contribution is 2.19. The number of carboxylic acid groups (broad SMARTS) is 1.